The second-order valence-corrected chi connectivity index (χ2v) is 10.1. The number of sulfonamides is 1. The first-order chi connectivity index (χ1) is 15.9. The normalized spacial score (nSPS) is 15.4. The van der Waals surface area contributed by atoms with Crippen molar-refractivity contribution in [3.63, 3.8) is 0 Å². The quantitative estimate of drug-likeness (QED) is 0.525. The SMILES string of the molecule is COc1ccc(N(CC(=O)NC2CCCc3ccccc32)S(=O)(=O)c2ccccc2)cc1Cl. The molecule has 3 aromatic carbocycles. The van der Waals surface area contributed by atoms with E-state index in [1.165, 1.54) is 30.9 Å². The third kappa shape index (κ3) is 4.99. The van der Waals surface area contributed by atoms with Crippen LogP contribution in [0.2, 0.25) is 5.02 Å². The standard InChI is InChI=1S/C25H25ClN2O4S/c1-32-24-15-14-19(16-22(24)26)28(33(30,31)20-10-3-2-4-11-20)17-25(29)27-23-13-7-9-18-8-5-6-12-21(18)23/h2-6,8,10-12,14-16,23H,7,9,13,17H2,1H3,(H,27,29). The van der Waals surface area contributed by atoms with Crippen molar-refractivity contribution in [3.8, 4) is 5.75 Å². The summed E-state index contributed by atoms with van der Waals surface area (Å²) < 4.78 is 33.3. The van der Waals surface area contributed by atoms with Crippen LogP contribution in [0.3, 0.4) is 0 Å². The van der Waals surface area contributed by atoms with Crippen LogP contribution in [0.25, 0.3) is 0 Å². The molecule has 1 aliphatic rings. The number of ether oxygens (including phenoxy) is 1. The minimum Gasteiger partial charge on any atom is -0.495 e. The number of carbonyl (C=O) groups excluding carboxylic acids is 1. The molecule has 1 atom stereocenters. The molecule has 0 aliphatic heterocycles. The second-order valence-electron chi connectivity index (χ2n) is 7.85. The maximum Gasteiger partial charge on any atom is 0.264 e. The zero-order valence-electron chi connectivity index (χ0n) is 18.2. The fourth-order valence-corrected chi connectivity index (χ4v) is 5.81. The number of carbonyl (C=O) groups is 1. The molecule has 1 amide bonds. The Balaban J connectivity index is 1.64. The molecule has 0 heterocycles. The molecule has 0 fully saturated rings. The monoisotopic (exact) mass is 484 g/mol. The number of methoxy groups -OCH3 is 1. The molecule has 0 aromatic heterocycles. The molecule has 0 saturated carbocycles. The van der Waals surface area contributed by atoms with Crippen LogP contribution in [0, 0.1) is 0 Å². The van der Waals surface area contributed by atoms with Crippen molar-refractivity contribution in [1.29, 1.82) is 0 Å². The number of halogens is 1. The fourth-order valence-electron chi connectivity index (χ4n) is 4.12. The molecule has 33 heavy (non-hydrogen) atoms. The minimum absolute atomic E-state index is 0.0905. The Hall–Kier alpha value is -3.03. The van der Waals surface area contributed by atoms with Gasteiger partial charge in [-0.05, 0) is 60.7 Å². The van der Waals surface area contributed by atoms with Gasteiger partial charge in [-0.3, -0.25) is 9.10 Å². The topological polar surface area (TPSA) is 75.7 Å². The van der Waals surface area contributed by atoms with Crippen molar-refractivity contribution in [1.82, 2.24) is 5.32 Å². The number of nitrogens with zero attached hydrogens (tertiary/aromatic N) is 1. The van der Waals surface area contributed by atoms with Gasteiger partial charge in [0, 0.05) is 0 Å². The predicted octanol–water partition coefficient (Wildman–Crippen LogP) is 4.74. The van der Waals surface area contributed by atoms with Gasteiger partial charge in [0.25, 0.3) is 10.0 Å². The molecular formula is C25H25ClN2O4S. The number of nitrogens with one attached hydrogen (secondary N) is 1. The number of hydrogen-bond acceptors (Lipinski definition) is 4. The number of hydrogen-bond donors (Lipinski definition) is 1. The molecule has 3 aromatic rings. The van der Waals surface area contributed by atoms with Gasteiger partial charge in [0.1, 0.15) is 12.3 Å². The molecule has 1 N–H and O–H groups in total. The van der Waals surface area contributed by atoms with Crippen molar-refractivity contribution in [2.24, 2.45) is 0 Å². The number of anilines is 1. The largest absolute Gasteiger partial charge is 0.495 e. The molecule has 1 unspecified atom stereocenters. The van der Waals surface area contributed by atoms with E-state index in [0.717, 1.165) is 29.1 Å². The molecule has 1 aliphatic carbocycles. The Morgan fingerprint density at radius 1 is 1.09 bits per heavy atom. The highest BCUT2D eigenvalue weighted by molar-refractivity contribution is 7.92. The summed E-state index contributed by atoms with van der Waals surface area (Å²) in [5.41, 5.74) is 2.58. The fraction of sp³-hybridized carbons (Fsp3) is 0.240. The van der Waals surface area contributed by atoms with Crippen LogP contribution in [0.4, 0.5) is 5.69 Å². The van der Waals surface area contributed by atoms with Gasteiger partial charge in [0.15, 0.2) is 0 Å². The van der Waals surface area contributed by atoms with Gasteiger partial charge in [0.05, 0.1) is 28.8 Å². The van der Waals surface area contributed by atoms with Gasteiger partial charge < -0.3 is 10.1 Å². The lowest BCUT2D eigenvalue weighted by atomic mass is 9.88. The molecule has 172 valence electrons. The third-order valence-corrected chi connectivity index (χ3v) is 7.83. The third-order valence-electron chi connectivity index (χ3n) is 5.75. The van der Waals surface area contributed by atoms with Crippen molar-refractivity contribution in [2.45, 2.75) is 30.2 Å². The average molecular weight is 485 g/mol. The summed E-state index contributed by atoms with van der Waals surface area (Å²) in [5.74, 6) is 0.0314. The van der Waals surface area contributed by atoms with Crippen molar-refractivity contribution in [2.75, 3.05) is 18.0 Å². The molecular weight excluding hydrogens is 460 g/mol. The summed E-state index contributed by atoms with van der Waals surface area (Å²) >= 11 is 6.27. The zero-order valence-corrected chi connectivity index (χ0v) is 19.8. The summed E-state index contributed by atoms with van der Waals surface area (Å²) in [4.78, 5) is 13.2. The Morgan fingerprint density at radius 3 is 2.55 bits per heavy atom. The van der Waals surface area contributed by atoms with Crippen molar-refractivity contribution in [3.05, 3.63) is 88.9 Å². The highest BCUT2D eigenvalue weighted by Crippen LogP contribution is 2.33. The Bertz CT molecular complexity index is 1250. The van der Waals surface area contributed by atoms with Crippen LogP contribution in [0.15, 0.2) is 77.7 Å². The smallest absolute Gasteiger partial charge is 0.264 e. The van der Waals surface area contributed by atoms with Gasteiger partial charge in [-0.1, -0.05) is 54.1 Å². The first-order valence-corrected chi connectivity index (χ1v) is 12.5. The zero-order chi connectivity index (χ0) is 23.4. The highest BCUT2D eigenvalue weighted by Gasteiger charge is 2.29. The Kier molecular flexibility index (Phi) is 6.91. The lowest BCUT2D eigenvalue weighted by Gasteiger charge is -2.29. The van der Waals surface area contributed by atoms with E-state index in [1.54, 1.807) is 30.3 Å². The van der Waals surface area contributed by atoms with E-state index in [0.29, 0.717) is 5.75 Å². The van der Waals surface area contributed by atoms with Crippen LogP contribution >= 0.6 is 11.6 Å². The molecule has 6 nitrogen and oxygen atoms in total. The molecule has 0 saturated heterocycles. The van der Waals surface area contributed by atoms with Crippen LogP contribution in [0.5, 0.6) is 5.75 Å². The predicted molar refractivity (Wildman–Crippen MR) is 129 cm³/mol. The molecule has 0 bridgehead atoms. The first kappa shape index (κ1) is 23.1. The first-order valence-electron chi connectivity index (χ1n) is 10.7. The summed E-state index contributed by atoms with van der Waals surface area (Å²) in [6.45, 7) is -0.376. The van der Waals surface area contributed by atoms with Crippen LogP contribution in [-0.2, 0) is 21.2 Å². The highest BCUT2D eigenvalue weighted by atomic mass is 35.5. The Morgan fingerprint density at radius 2 is 1.82 bits per heavy atom. The number of benzene rings is 3. The van der Waals surface area contributed by atoms with Crippen LogP contribution in [0.1, 0.15) is 30.0 Å². The van der Waals surface area contributed by atoms with E-state index in [-0.39, 0.29) is 34.1 Å². The lowest BCUT2D eigenvalue weighted by Crippen LogP contribution is -2.42. The van der Waals surface area contributed by atoms with Crippen LogP contribution < -0.4 is 14.4 Å². The van der Waals surface area contributed by atoms with Gasteiger partial charge in [0.2, 0.25) is 5.91 Å². The van der Waals surface area contributed by atoms with E-state index >= 15 is 0 Å². The summed E-state index contributed by atoms with van der Waals surface area (Å²) in [6.07, 6.45) is 2.74. The van der Waals surface area contributed by atoms with Gasteiger partial charge in [-0.2, -0.15) is 0 Å². The summed E-state index contributed by atoms with van der Waals surface area (Å²) in [6, 6.07) is 20.6. The minimum atomic E-state index is -4.01. The lowest BCUT2D eigenvalue weighted by molar-refractivity contribution is -0.120. The van der Waals surface area contributed by atoms with E-state index in [1.807, 2.05) is 18.2 Å². The second kappa shape index (κ2) is 9.85. The van der Waals surface area contributed by atoms with Gasteiger partial charge in [-0.25, -0.2) is 8.42 Å². The van der Waals surface area contributed by atoms with Gasteiger partial charge >= 0.3 is 0 Å². The molecule has 0 spiro atoms. The molecule has 4 rings (SSSR count). The molecule has 0 radical (unpaired) electrons. The number of amides is 1. The summed E-state index contributed by atoms with van der Waals surface area (Å²) in [5, 5.41) is 3.29. The molecule has 8 heteroatoms. The van der Waals surface area contributed by atoms with E-state index in [9.17, 15) is 13.2 Å². The number of fused-ring (bicyclic) bond motifs is 1. The number of rotatable bonds is 7. The van der Waals surface area contributed by atoms with Gasteiger partial charge in [-0.15, -0.1) is 0 Å². The average Bonchev–Trinajstić information content (AvgIpc) is 2.83. The Labute approximate surface area is 199 Å². The number of aryl methyl sites for hydroxylation is 1. The van der Waals surface area contributed by atoms with E-state index < -0.39 is 10.0 Å². The van der Waals surface area contributed by atoms with Crippen molar-refractivity contribution < 1.29 is 17.9 Å². The van der Waals surface area contributed by atoms with E-state index in [2.05, 4.69) is 11.4 Å². The summed E-state index contributed by atoms with van der Waals surface area (Å²) in [7, 11) is -2.53. The van der Waals surface area contributed by atoms with Crippen LogP contribution in [-0.4, -0.2) is 28.0 Å². The van der Waals surface area contributed by atoms with E-state index in [4.69, 9.17) is 16.3 Å². The van der Waals surface area contributed by atoms with Crippen molar-refractivity contribution >= 4 is 33.2 Å². The maximum atomic E-state index is 13.5. The maximum absolute atomic E-state index is 13.5.